The number of carbonyl (C=O) groups excluding carboxylic acids is 1. The van der Waals surface area contributed by atoms with Crippen LogP contribution in [0.1, 0.15) is 18.4 Å². The van der Waals surface area contributed by atoms with E-state index in [1.165, 1.54) is 0 Å². The van der Waals surface area contributed by atoms with Crippen LogP contribution in [0.3, 0.4) is 0 Å². The molecule has 86 valence electrons. The monoisotopic (exact) mass is 221 g/mol. The van der Waals surface area contributed by atoms with Crippen molar-refractivity contribution in [1.82, 2.24) is 5.06 Å². The Balaban J connectivity index is 1.84. The normalized spacial score (nSPS) is 20.9. The zero-order valence-corrected chi connectivity index (χ0v) is 9.00. The van der Waals surface area contributed by atoms with Gasteiger partial charge < -0.3 is 9.94 Å². The van der Waals surface area contributed by atoms with E-state index in [9.17, 15) is 10.0 Å². The lowest BCUT2D eigenvalue weighted by Gasteiger charge is -2.15. The van der Waals surface area contributed by atoms with Gasteiger partial charge in [-0.1, -0.05) is 30.3 Å². The molecule has 1 atom stereocenters. The summed E-state index contributed by atoms with van der Waals surface area (Å²) in [5.74, 6) is -0.344. The second kappa shape index (κ2) is 5.09. The molecule has 4 nitrogen and oxygen atoms in total. The summed E-state index contributed by atoms with van der Waals surface area (Å²) in [6, 6.07) is 9.03. The fourth-order valence-electron chi connectivity index (χ4n) is 1.82. The lowest BCUT2D eigenvalue weighted by atomic mass is 10.2. The van der Waals surface area contributed by atoms with Crippen LogP contribution in [0, 0.1) is 0 Å². The SMILES string of the molecule is O=C(OCc1ccccc1)C1CCCN1O. The molecule has 1 fully saturated rings. The molecule has 0 spiro atoms. The summed E-state index contributed by atoms with van der Waals surface area (Å²) in [6.07, 6.45) is 1.51. The average molecular weight is 221 g/mol. The highest BCUT2D eigenvalue weighted by Crippen LogP contribution is 2.16. The maximum absolute atomic E-state index is 11.6. The molecule has 0 bridgehead atoms. The first kappa shape index (κ1) is 11.1. The molecule has 0 amide bonds. The highest BCUT2D eigenvalue weighted by Gasteiger charge is 2.30. The van der Waals surface area contributed by atoms with E-state index in [-0.39, 0.29) is 12.6 Å². The summed E-state index contributed by atoms with van der Waals surface area (Å²) in [4.78, 5) is 11.6. The van der Waals surface area contributed by atoms with Gasteiger partial charge in [0.1, 0.15) is 12.6 Å². The third-order valence-corrected chi connectivity index (χ3v) is 2.72. The standard InChI is InChI=1S/C12H15NO3/c14-12(11-7-4-8-13(11)15)16-9-10-5-2-1-3-6-10/h1-3,5-6,11,15H,4,7-9H2. The van der Waals surface area contributed by atoms with Gasteiger partial charge in [-0.05, 0) is 18.4 Å². The third-order valence-electron chi connectivity index (χ3n) is 2.72. The Morgan fingerprint density at radius 3 is 2.81 bits per heavy atom. The Morgan fingerprint density at radius 2 is 2.19 bits per heavy atom. The van der Waals surface area contributed by atoms with E-state index in [0.29, 0.717) is 13.0 Å². The van der Waals surface area contributed by atoms with Gasteiger partial charge in [-0.3, -0.25) is 4.79 Å². The number of nitrogens with zero attached hydrogens (tertiary/aromatic N) is 1. The largest absolute Gasteiger partial charge is 0.460 e. The minimum Gasteiger partial charge on any atom is -0.460 e. The molecule has 4 heteroatoms. The summed E-state index contributed by atoms with van der Waals surface area (Å²) >= 11 is 0. The molecular formula is C12H15NO3. The number of esters is 1. The van der Waals surface area contributed by atoms with Gasteiger partial charge in [0.25, 0.3) is 0 Å². The number of hydrogen-bond acceptors (Lipinski definition) is 4. The smallest absolute Gasteiger partial charge is 0.326 e. The van der Waals surface area contributed by atoms with Crippen LogP contribution in [0.25, 0.3) is 0 Å². The first-order valence-corrected chi connectivity index (χ1v) is 5.43. The van der Waals surface area contributed by atoms with Crippen LogP contribution in [-0.4, -0.2) is 28.8 Å². The van der Waals surface area contributed by atoms with Crippen LogP contribution in [-0.2, 0) is 16.1 Å². The number of ether oxygens (including phenoxy) is 1. The maximum Gasteiger partial charge on any atom is 0.326 e. The van der Waals surface area contributed by atoms with E-state index < -0.39 is 6.04 Å². The molecule has 0 aromatic heterocycles. The number of rotatable bonds is 3. The van der Waals surface area contributed by atoms with E-state index in [2.05, 4.69) is 0 Å². The number of benzene rings is 1. The summed E-state index contributed by atoms with van der Waals surface area (Å²) in [5, 5.41) is 10.5. The van der Waals surface area contributed by atoms with Gasteiger partial charge in [-0.2, -0.15) is 5.06 Å². The second-order valence-corrected chi connectivity index (χ2v) is 3.91. The molecule has 0 saturated carbocycles. The van der Waals surface area contributed by atoms with Gasteiger partial charge in [0.05, 0.1) is 0 Å². The van der Waals surface area contributed by atoms with E-state index in [0.717, 1.165) is 17.0 Å². The van der Waals surface area contributed by atoms with E-state index in [1.807, 2.05) is 30.3 Å². The first-order valence-electron chi connectivity index (χ1n) is 5.43. The van der Waals surface area contributed by atoms with Gasteiger partial charge in [0.15, 0.2) is 0 Å². The van der Waals surface area contributed by atoms with Gasteiger partial charge in [-0.15, -0.1) is 0 Å². The van der Waals surface area contributed by atoms with Crippen LogP contribution in [0.2, 0.25) is 0 Å². The summed E-state index contributed by atoms with van der Waals surface area (Å²) in [6.45, 7) is 0.815. The summed E-state index contributed by atoms with van der Waals surface area (Å²) in [5.41, 5.74) is 0.957. The molecule has 1 aliphatic heterocycles. The van der Waals surface area contributed by atoms with Crippen LogP contribution in [0.15, 0.2) is 30.3 Å². The third kappa shape index (κ3) is 2.59. The zero-order valence-electron chi connectivity index (χ0n) is 9.00. The van der Waals surface area contributed by atoms with Gasteiger partial charge in [-0.25, -0.2) is 0 Å². The van der Waals surface area contributed by atoms with E-state index >= 15 is 0 Å². The predicted molar refractivity (Wildman–Crippen MR) is 57.8 cm³/mol. The molecule has 1 aliphatic rings. The van der Waals surface area contributed by atoms with Crippen molar-refractivity contribution in [3.63, 3.8) is 0 Å². The van der Waals surface area contributed by atoms with Crippen LogP contribution >= 0.6 is 0 Å². The van der Waals surface area contributed by atoms with Crippen molar-refractivity contribution in [2.75, 3.05) is 6.54 Å². The molecule has 2 rings (SSSR count). The van der Waals surface area contributed by atoms with E-state index in [4.69, 9.17) is 4.74 Å². The van der Waals surface area contributed by atoms with Crippen LogP contribution < -0.4 is 0 Å². The molecule has 1 N–H and O–H groups in total. The van der Waals surface area contributed by atoms with Crippen molar-refractivity contribution < 1.29 is 14.7 Å². The fourth-order valence-corrected chi connectivity index (χ4v) is 1.82. The lowest BCUT2D eigenvalue weighted by Crippen LogP contribution is -2.34. The Hall–Kier alpha value is -1.39. The minimum atomic E-state index is -0.483. The van der Waals surface area contributed by atoms with Crippen LogP contribution in [0.5, 0.6) is 0 Å². The lowest BCUT2D eigenvalue weighted by molar-refractivity contribution is -0.168. The Kier molecular flexibility index (Phi) is 3.54. The fraction of sp³-hybridized carbons (Fsp3) is 0.417. The summed E-state index contributed by atoms with van der Waals surface area (Å²) < 4.78 is 5.14. The predicted octanol–water partition coefficient (Wildman–Crippen LogP) is 1.58. The quantitative estimate of drug-likeness (QED) is 0.787. The van der Waals surface area contributed by atoms with E-state index in [1.54, 1.807) is 0 Å². The van der Waals surface area contributed by atoms with Gasteiger partial charge >= 0.3 is 5.97 Å². The van der Waals surface area contributed by atoms with Crippen molar-refractivity contribution in [2.24, 2.45) is 0 Å². The van der Waals surface area contributed by atoms with Crippen LogP contribution in [0.4, 0.5) is 0 Å². The zero-order chi connectivity index (χ0) is 11.4. The average Bonchev–Trinajstić information content (AvgIpc) is 2.74. The topological polar surface area (TPSA) is 49.8 Å². The number of hydrogen-bond donors (Lipinski definition) is 1. The number of hydroxylamine groups is 2. The van der Waals surface area contributed by atoms with Crippen molar-refractivity contribution in [3.8, 4) is 0 Å². The Labute approximate surface area is 94.4 Å². The molecule has 1 aromatic carbocycles. The molecule has 1 unspecified atom stereocenters. The summed E-state index contributed by atoms with van der Waals surface area (Å²) in [7, 11) is 0. The molecule has 0 aliphatic carbocycles. The second-order valence-electron chi connectivity index (χ2n) is 3.91. The molecular weight excluding hydrogens is 206 g/mol. The molecule has 16 heavy (non-hydrogen) atoms. The maximum atomic E-state index is 11.6. The van der Waals surface area contributed by atoms with Gasteiger partial charge in [0.2, 0.25) is 0 Å². The van der Waals surface area contributed by atoms with Crippen molar-refractivity contribution in [2.45, 2.75) is 25.5 Å². The molecule has 1 aromatic rings. The minimum absolute atomic E-state index is 0.268. The highest BCUT2D eigenvalue weighted by atomic mass is 16.6. The van der Waals surface area contributed by atoms with Crippen molar-refractivity contribution >= 4 is 5.97 Å². The van der Waals surface area contributed by atoms with Crippen molar-refractivity contribution in [3.05, 3.63) is 35.9 Å². The first-order chi connectivity index (χ1) is 7.77. The number of carbonyl (C=O) groups is 1. The molecule has 1 saturated heterocycles. The molecule has 1 heterocycles. The Bertz CT molecular complexity index is 353. The van der Waals surface area contributed by atoms with Crippen molar-refractivity contribution in [1.29, 1.82) is 0 Å². The molecule has 0 radical (unpaired) electrons. The highest BCUT2D eigenvalue weighted by molar-refractivity contribution is 5.75. The van der Waals surface area contributed by atoms with Gasteiger partial charge in [0, 0.05) is 6.54 Å². The Morgan fingerprint density at radius 1 is 1.44 bits per heavy atom.